The van der Waals surface area contributed by atoms with Crippen molar-refractivity contribution in [2.75, 3.05) is 5.32 Å². The van der Waals surface area contributed by atoms with Crippen LogP contribution in [-0.4, -0.2) is 15.3 Å². The molecule has 0 aliphatic rings. The van der Waals surface area contributed by atoms with E-state index in [-0.39, 0.29) is 23.1 Å². The quantitative estimate of drug-likeness (QED) is 0.803. The van der Waals surface area contributed by atoms with Crippen molar-refractivity contribution in [3.8, 4) is 0 Å². The lowest BCUT2D eigenvalue weighted by molar-refractivity contribution is -0.117. The van der Waals surface area contributed by atoms with Crippen LogP contribution in [0, 0.1) is 6.92 Å². The number of rotatable bonds is 4. The van der Waals surface area contributed by atoms with E-state index in [4.69, 9.17) is 0 Å². The summed E-state index contributed by atoms with van der Waals surface area (Å²) in [5.74, 6) is -0.497. The average Bonchev–Trinajstić information content (AvgIpc) is 2.60. The van der Waals surface area contributed by atoms with Gasteiger partial charge in [0.2, 0.25) is 5.91 Å². The SMILES string of the molecule is CC[C@H](C(=O)Nc1c(C)nc2ccccn2c1=O)c1ccccc1. The number of amides is 1. The lowest BCUT2D eigenvalue weighted by Gasteiger charge is -2.16. The molecule has 122 valence electrons. The number of nitrogens with one attached hydrogen (secondary N) is 1. The van der Waals surface area contributed by atoms with E-state index in [1.165, 1.54) is 4.40 Å². The molecule has 24 heavy (non-hydrogen) atoms. The maximum atomic E-state index is 12.7. The van der Waals surface area contributed by atoms with E-state index in [2.05, 4.69) is 10.3 Å². The van der Waals surface area contributed by atoms with Gasteiger partial charge in [-0.3, -0.25) is 14.0 Å². The maximum Gasteiger partial charge on any atom is 0.281 e. The first kappa shape index (κ1) is 15.9. The molecule has 0 bridgehead atoms. The molecular formula is C19H19N3O2. The van der Waals surface area contributed by atoms with E-state index >= 15 is 0 Å². The molecule has 3 aromatic rings. The Morgan fingerprint density at radius 3 is 2.58 bits per heavy atom. The monoisotopic (exact) mass is 321 g/mol. The van der Waals surface area contributed by atoms with Crippen LogP contribution in [0.2, 0.25) is 0 Å². The van der Waals surface area contributed by atoms with Gasteiger partial charge in [0.1, 0.15) is 11.3 Å². The smallest absolute Gasteiger partial charge is 0.281 e. The molecule has 0 spiro atoms. The summed E-state index contributed by atoms with van der Waals surface area (Å²) in [5.41, 5.74) is 1.98. The second-order valence-corrected chi connectivity index (χ2v) is 5.67. The second kappa shape index (κ2) is 6.66. The molecule has 3 rings (SSSR count). The first-order chi connectivity index (χ1) is 11.6. The van der Waals surface area contributed by atoms with Gasteiger partial charge in [0, 0.05) is 6.20 Å². The summed E-state index contributed by atoms with van der Waals surface area (Å²) >= 11 is 0. The number of carbonyl (C=O) groups excluding carboxylic acids is 1. The molecule has 1 atom stereocenters. The van der Waals surface area contributed by atoms with Crippen LogP contribution in [0.25, 0.3) is 5.65 Å². The fourth-order valence-corrected chi connectivity index (χ4v) is 2.81. The van der Waals surface area contributed by atoms with Gasteiger partial charge in [0.05, 0.1) is 11.6 Å². The molecule has 0 fully saturated rings. The van der Waals surface area contributed by atoms with E-state index in [9.17, 15) is 9.59 Å². The molecule has 0 saturated heterocycles. The molecular weight excluding hydrogens is 302 g/mol. The van der Waals surface area contributed by atoms with Crippen LogP contribution in [0.3, 0.4) is 0 Å². The lowest BCUT2D eigenvalue weighted by atomic mass is 9.95. The number of hydrogen-bond acceptors (Lipinski definition) is 3. The first-order valence-corrected chi connectivity index (χ1v) is 7.95. The van der Waals surface area contributed by atoms with Crippen molar-refractivity contribution in [1.29, 1.82) is 0 Å². The van der Waals surface area contributed by atoms with Crippen LogP contribution < -0.4 is 10.9 Å². The zero-order valence-corrected chi connectivity index (χ0v) is 13.7. The summed E-state index contributed by atoms with van der Waals surface area (Å²) in [5, 5.41) is 2.79. The Morgan fingerprint density at radius 2 is 1.88 bits per heavy atom. The summed E-state index contributed by atoms with van der Waals surface area (Å²) in [4.78, 5) is 29.7. The average molecular weight is 321 g/mol. The number of nitrogens with zero attached hydrogens (tertiary/aromatic N) is 2. The summed E-state index contributed by atoms with van der Waals surface area (Å²) in [7, 11) is 0. The fourth-order valence-electron chi connectivity index (χ4n) is 2.81. The fraction of sp³-hybridized carbons (Fsp3) is 0.211. The third kappa shape index (κ3) is 2.93. The van der Waals surface area contributed by atoms with Crippen molar-refractivity contribution in [1.82, 2.24) is 9.38 Å². The Kier molecular flexibility index (Phi) is 4.42. The van der Waals surface area contributed by atoms with Gasteiger partial charge in [-0.2, -0.15) is 0 Å². The lowest BCUT2D eigenvalue weighted by Crippen LogP contribution is -2.28. The Morgan fingerprint density at radius 1 is 1.17 bits per heavy atom. The summed E-state index contributed by atoms with van der Waals surface area (Å²) in [6.45, 7) is 3.68. The molecule has 2 heterocycles. The van der Waals surface area contributed by atoms with E-state index in [1.807, 2.05) is 43.3 Å². The van der Waals surface area contributed by atoms with Crippen LogP contribution in [-0.2, 0) is 4.79 Å². The van der Waals surface area contributed by atoms with Crippen molar-refractivity contribution in [3.63, 3.8) is 0 Å². The third-order valence-electron chi connectivity index (χ3n) is 4.09. The van der Waals surface area contributed by atoms with Crippen molar-refractivity contribution in [2.24, 2.45) is 0 Å². The molecule has 2 aromatic heterocycles. The van der Waals surface area contributed by atoms with Crippen molar-refractivity contribution < 1.29 is 4.79 Å². The van der Waals surface area contributed by atoms with Crippen LogP contribution in [0.4, 0.5) is 5.69 Å². The number of fused-ring (bicyclic) bond motifs is 1. The highest BCUT2D eigenvalue weighted by molar-refractivity contribution is 5.96. The van der Waals surface area contributed by atoms with Gasteiger partial charge >= 0.3 is 0 Å². The Hall–Kier alpha value is -2.95. The van der Waals surface area contributed by atoms with E-state index in [0.717, 1.165) is 5.56 Å². The molecule has 0 aliphatic heterocycles. The summed E-state index contributed by atoms with van der Waals surface area (Å²) < 4.78 is 1.44. The van der Waals surface area contributed by atoms with Crippen molar-refractivity contribution in [3.05, 3.63) is 76.3 Å². The summed E-state index contributed by atoms with van der Waals surface area (Å²) in [6.07, 6.45) is 2.30. The number of pyridine rings is 1. The predicted molar refractivity (Wildman–Crippen MR) is 94.3 cm³/mol. The molecule has 5 nitrogen and oxygen atoms in total. The van der Waals surface area contributed by atoms with Crippen LogP contribution in [0.1, 0.15) is 30.5 Å². The van der Waals surface area contributed by atoms with Gasteiger partial charge < -0.3 is 5.32 Å². The molecule has 0 radical (unpaired) electrons. The van der Waals surface area contributed by atoms with Gasteiger partial charge in [-0.1, -0.05) is 43.3 Å². The number of carbonyl (C=O) groups is 1. The normalized spacial score (nSPS) is 12.1. The molecule has 5 heteroatoms. The van der Waals surface area contributed by atoms with E-state index in [1.54, 1.807) is 25.3 Å². The van der Waals surface area contributed by atoms with Crippen LogP contribution in [0.5, 0.6) is 0 Å². The number of benzene rings is 1. The van der Waals surface area contributed by atoms with Crippen molar-refractivity contribution >= 4 is 17.2 Å². The molecule has 1 N–H and O–H groups in total. The standard InChI is InChI=1S/C19H19N3O2/c1-3-15(14-9-5-4-6-10-14)18(23)21-17-13(2)20-16-11-7-8-12-22(16)19(17)24/h4-12,15H,3H2,1-2H3,(H,21,23)/t15-/m0/s1. The topological polar surface area (TPSA) is 63.5 Å². The Labute approximate surface area is 140 Å². The molecule has 0 aliphatic carbocycles. The van der Waals surface area contributed by atoms with Crippen molar-refractivity contribution in [2.45, 2.75) is 26.2 Å². The first-order valence-electron chi connectivity index (χ1n) is 7.95. The largest absolute Gasteiger partial charge is 0.319 e. The number of anilines is 1. The molecule has 0 unspecified atom stereocenters. The minimum absolute atomic E-state index is 0.193. The number of hydrogen-bond donors (Lipinski definition) is 1. The molecule has 1 aromatic carbocycles. The van der Waals surface area contributed by atoms with E-state index in [0.29, 0.717) is 17.8 Å². The van der Waals surface area contributed by atoms with Gasteiger partial charge in [-0.05, 0) is 31.0 Å². The van der Waals surface area contributed by atoms with Gasteiger partial charge in [-0.25, -0.2) is 4.98 Å². The maximum absolute atomic E-state index is 12.7. The third-order valence-corrected chi connectivity index (χ3v) is 4.09. The minimum atomic E-state index is -0.304. The van der Waals surface area contributed by atoms with E-state index < -0.39 is 0 Å². The van der Waals surface area contributed by atoms with Gasteiger partial charge in [0.25, 0.3) is 5.56 Å². The highest BCUT2D eigenvalue weighted by atomic mass is 16.2. The molecule has 1 amide bonds. The van der Waals surface area contributed by atoms with Gasteiger partial charge in [-0.15, -0.1) is 0 Å². The number of aromatic nitrogens is 2. The minimum Gasteiger partial charge on any atom is -0.319 e. The Bertz CT molecular complexity index is 932. The Balaban J connectivity index is 1.97. The zero-order valence-electron chi connectivity index (χ0n) is 13.7. The van der Waals surface area contributed by atoms with Crippen LogP contribution >= 0.6 is 0 Å². The number of aryl methyl sites for hydroxylation is 1. The van der Waals surface area contributed by atoms with Crippen LogP contribution in [0.15, 0.2) is 59.5 Å². The predicted octanol–water partition coefficient (Wildman–Crippen LogP) is 3.14. The molecule has 0 saturated carbocycles. The highest BCUT2D eigenvalue weighted by Crippen LogP contribution is 2.21. The highest BCUT2D eigenvalue weighted by Gasteiger charge is 2.21. The second-order valence-electron chi connectivity index (χ2n) is 5.67. The van der Waals surface area contributed by atoms with Gasteiger partial charge in [0.15, 0.2) is 0 Å². The zero-order chi connectivity index (χ0) is 17.1. The summed E-state index contributed by atoms with van der Waals surface area (Å²) in [6, 6.07) is 14.9.